The Morgan fingerprint density at radius 3 is 2.53 bits per heavy atom. The van der Waals surface area contributed by atoms with Crippen molar-refractivity contribution in [3.05, 3.63) is 60.2 Å². The number of ether oxygens (including phenoxy) is 1. The molecule has 0 saturated carbocycles. The molecule has 0 unspecified atom stereocenters. The summed E-state index contributed by atoms with van der Waals surface area (Å²) in [7, 11) is 0. The van der Waals surface area contributed by atoms with Gasteiger partial charge in [-0.05, 0) is 16.3 Å². The normalized spacial score (nSPS) is 17.5. The molecule has 19 heavy (non-hydrogen) atoms. The SMILES string of the molecule is O=C(O)/C=C/C1(c2ccc3ccccc3c2)COC1. The van der Waals surface area contributed by atoms with Gasteiger partial charge in [-0.3, -0.25) is 0 Å². The number of aliphatic carboxylic acids is 1. The summed E-state index contributed by atoms with van der Waals surface area (Å²) in [6.45, 7) is 1.07. The van der Waals surface area contributed by atoms with Gasteiger partial charge >= 0.3 is 5.97 Å². The van der Waals surface area contributed by atoms with Crippen molar-refractivity contribution in [3.8, 4) is 0 Å². The number of carbonyl (C=O) groups is 1. The number of hydrogen-bond donors (Lipinski definition) is 1. The average molecular weight is 254 g/mol. The van der Waals surface area contributed by atoms with Gasteiger partial charge in [0.05, 0.1) is 18.6 Å². The predicted octanol–water partition coefficient (Wildman–Crippen LogP) is 2.75. The van der Waals surface area contributed by atoms with E-state index < -0.39 is 5.97 Å². The molecule has 3 nitrogen and oxygen atoms in total. The molecule has 1 fully saturated rings. The number of fused-ring (bicyclic) bond motifs is 1. The largest absolute Gasteiger partial charge is 0.478 e. The average Bonchev–Trinajstić information content (AvgIpc) is 2.37. The van der Waals surface area contributed by atoms with Crippen LogP contribution in [0.2, 0.25) is 0 Å². The second kappa shape index (κ2) is 4.52. The highest BCUT2D eigenvalue weighted by Gasteiger charge is 2.38. The maximum atomic E-state index is 10.7. The van der Waals surface area contributed by atoms with E-state index >= 15 is 0 Å². The molecule has 0 bridgehead atoms. The van der Waals surface area contributed by atoms with Crippen LogP contribution in [0, 0.1) is 0 Å². The first kappa shape index (κ1) is 11.9. The Kier molecular flexibility index (Phi) is 2.84. The number of carboxylic acid groups (broad SMARTS) is 1. The molecule has 1 saturated heterocycles. The highest BCUT2D eigenvalue weighted by atomic mass is 16.5. The molecule has 1 heterocycles. The molecule has 3 rings (SSSR count). The van der Waals surface area contributed by atoms with Gasteiger partial charge in [0.15, 0.2) is 0 Å². The molecule has 0 amide bonds. The molecule has 2 aromatic rings. The number of carboxylic acids is 1. The van der Waals surface area contributed by atoms with E-state index in [0.717, 1.165) is 10.9 Å². The fourth-order valence-electron chi connectivity index (χ4n) is 2.41. The summed E-state index contributed by atoms with van der Waals surface area (Å²) in [4.78, 5) is 10.7. The van der Waals surface area contributed by atoms with E-state index in [4.69, 9.17) is 9.84 Å². The third-order valence-electron chi connectivity index (χ3n) is 3.59. The summed E-state index contributed by atoms with van der Waals surface area (Å²) in [6.07, 6.45) is 2.95. The highest BCUT2D eigenvalue weighted by Crippen LogP contribution is 2.35. The fourth-order valence-corrected chi connectivity index (χ4v) is 2.41. The Morgan fingerprint density at radius 2 is 1.89 bits per heavy atom. The predicted molar refractivity (Wildman–Crippen MR) is 73.2 cm³/mol. The minimum atomic E-state index is -0.924. The van der Waals surface area contributed by atoms with Gasteiger partial charge < -0.3 is 9.84 Å². The van der Waals surface area contributed by atoms with E-state index in [2.05, 4.69) is 30.3 Å². The minimum Gasteiger partial charge on any atom is -0.478 e. The topological polar surface area (TPSA) is 46.5 Å². The molecule has 1 aliphatic heterocycles. The molecule has 0 spiro atoms. The first-order valence-electron chi connectivity index (χ1n) is 6.19. The van der Waals surface area contributed by atoms with Gasteiger partial charge in [0, 0.05) is 6.08 Å². The van der Waals surface area contributed by atoms with E-state index in [-0.39, 0.29) is 5.41 Å². The molecule has 2 aromatic carbocycles. The van der Waals surface area contributed by atoms with E-state index in [1.165, 1.54) is 11.5 Å². The molecule has 1 aliphatic rings. The lowest BCUT2D eigenvalue weighted by Crippen LogP contribution is -2.45. The van der Waals surface area contributed by atoms with Crippen molar-refractivity contribution in [3.63, 3.8) is 0 Å². The zero-order chi connectivity index (χ0) is 13.3. The molecular formula is C16H14O3. The summed E-state index contributed by atoms with van der Waals surface area (Å²) in [5.41, 5.74) is 0.817. The van der Waals surface area contributed by atoms with Crippen LogP contribution in [-0.4, -0.2) is 24.3 Å². The van der Waals surface area contributed by atoms with Crippen molar-refractivity contribution >= 4 is 16.7 Å². The van der Waals surface area contributed by atoms with Crippen molar-refractivity contribution < 1.29 is 14.6 Å². The maximum Gasteiger partial charge on any atom is 0.328 e. The van der Waals surface area contributed by atoms with Crippen LogP contribution < -0.4 is 0 Å². The van der Waals surface area contributed by atoms with Crippen LogP contribution in [0.4, 0.5) is 0 Å². The first-order chi connectivity index (χ1) is 9.20. The molecule has 0 aromatic heterocycles. The molecule has 96 valence electrons. The molecule has 0 atom stereocenters. The highest BCUT2D eigenvalue weighted by molar-refractivity contribution is 5.84. The van der Waals surface area contributed by atoms with Crippen LogP contribution in [0.15, 0.2) is 54.6 Å². The second-order valence-electron chi connectivity index (χ2n) is 4.88. The van der Waals surface area contributed by atoms with Gasteiger partial charge in [0.1, 0.15) is 0 Å². The van der Waals surface area contributed by atoms with Crippen molar-refractivity contribution in [2.24, 2.45) is 0 Å². The monoisotopic (exact) mass is 254 g/mol. The minimum absolute atomic E-state index is 0.289. The van der Waals surface area contributed by atoms with Crippen LogP contribution in [0.3, 0.4) is 0 Å². The van der Waals surface area contributed by atoms with E-state index in [9.17, 15) is 4.79 Å². The molecular weight excluding hydrogens is 240 g/mol. The Bertz CT molecular complexity index is 654. The van der Waals surface area contributed by atoms with Crippen LogP contribution in [0.5, 0.6) is 0 Å². The third kappa shape index (κ3) is 2.13. The summed E-state index contributed by atoms with van der Waals surface area (Å²) in [5, 5.41) is 11.1. The van der Waals surface area contributed by atoms with Crippen molar-refractivity contribution in [1.29, 1.82) is 0 Å². The third-order valence-corrected chi connectivity index (χ3v) is 3.59. The Labute approximate surface area is 111 Å². The van der Waals surface area contributed by atoms with Crippen LogP contribution in [0.1, 0.15) is 5.56 Å². The van der Waals surface area contributed by atoms with Gasteiger partial charge in [0.2, 0.25) is 0 Å². The number of hydrogen-bond acceptors (Lipinski definition) is 2. The van der Waals surface area contributed by atoms with Gasteiger partial charge in [-0.15, -0.1) is 0 Å². The number of rotatable bonds is 3. The second-order valence-corrected chi connectivity index (χ2v) is 4.88. The van der Waals surface area contributed by atoms with Crippen LogP contribution >= 0.6 is 0 Å². The van der Waals surface area contributed by atoms with Gasteiger partial charge in [-0.2, -0.15) is 0 Å². The lowest BCUT2D eigenvalue weighted by molar-refractivity contribution is -0.131. The number of benzene rings is 2. The molecule has 0 radical (unpaired) electrons. The first-order valence-corrected chi connectivity index (χ1v) is 6.19. The van der Waals surface area contributed by atoms with Gasteiger partial charge in [0.25, 0.3) is 0 Å². The smallest absolute Gasteiger partial charge is 0.328 e. The molecule has 0 aliphatic carbocycles. The lowest BCUT2D eigenvalue weighted by atomic mass is 9.77. The Balaban J connectivity index is 2.04. The Hall–Kier alpha value is -2.13. The quantitative estimate of drug-likeness (QED) is 0.857. The van der Waals surface area contributed by atoms with E-state index in [0.29, 0.717) is 13.2 Å². The lowest BCUT2D eigenvalue weighted by Gasteiger charge is -2.39. The van der Waals surface area contributed by atoms with E-state index in [1.54, 1.807) is 6.08 Å². The van der Waals surface area contributed by atoms with Crippen molar-refractivity contribution in [2.45, 2.75) is 5.41 Å². The van der Waals surface area contributed by atoms with Crippen molar-refractivity contribution in [1.82, 2.24) is 0 Å². The standard InChI is InChI=1S/C16H14O3/c17-15(18)7-8-16(10-19-11-16)14-6-5-12-3-1-2-4-13(12)9-14/h1-9H,10-11H2,(H,17,18)/b8-7+. The van der Waals surface area contributed by atoms with Gasteiger partial charge in [-0.1, -0.05) is 48.5 Å². The maximum absolute atomic E-state index is 10.7. The summed E-state index contributed by atoms with van der Waals surface area (Å²) in [6, 6.07) is 14.4. The summed E-state index contributed by atoms with van der Waals surface area (Å²) in [5.74, 6) is -0.924. The van der Waals surface area contributed by atoms with E-state index in [1.807, 2.05) is 12.1 Å². The van der Waals surface area contributed by atoms with Crippen molar-refractivity contribution in [2.75, 3.05) is 13.2 Å². The zero-order valence-corrected chi connectivity index (χ0v) is 10.4. The molecule has 3 heteroatoms. The molecule has 1 N–H and O–H groups in total. The van der Waals surface area contributed by atoms with Crippen LogP contribution in [-0.2, 0) is 14.9 Å². The summed E-state index contributed by atoms with van der Waals surface area (Å²) < 4.78 is 5.29. The van der Waals surface area contributed by atoms with Gasteiger partial charge in [-0.25, -0.2) is 4.79 Å². The van der Waals surface area contributed by atoms with Crippen LogP contribution in [0.25, 0.3) is 10.8 Å². The fraction of sp³-hybridized carbons (Fsp3) is 0.188. The summed E-state index contributed by atoms with van der Waals surface area (Å²) >= 11 is 0. The zero-order valence-electron chi connectivity index (χ0n) is 10.4. The Morgan fingerprint density at radius 1 is 1.16 bits per heavy atom.